The average molecular weight is 362 g/mol. The number of hydrogen-bond acceptors (Lipinski definition) is 0. The van der Waals surface area contributed by atoms with Crippen molar-refractivity contribution in [2.45, 2.75) is 32.4 Å². The third kappa shape index (κ3) is 5.37. The van der Waals surface area contributed by atoms with Gasteiger partial charge in [-0.25, -0.2) is 8.78 Å². The van der Waals surface area contributed by atoms with E-state index in [0.29, 0.717) is 17.5 Å². The Kier molecular flexibility index (Phi) is 6.54. The number of alkyl halides is 1. The molecule has 3 aromatic rings. The van der Waals surface area contributed by atoms with Crippen LogP contribution in [0.1, 0.15) is 47.3 Å². The van der Waals surface area contributed by atoms with E-state index in [1.165, 1.54) is 0 Å². The van der Waals surface area contributed by atoms with E-state index in [9.17, 15) is 8.78 Å². The first-order valence-corrected chi connectivity index (χ1v) is 9.40. The number of aryl methyl sites for hydroxylation is 1. The molecule has 0 aliphatic carbocycles. The van der Waals surface area contributed by atoms with Crippen LogP contribution in [0, 0.1) is 5.82 Å². The molecule has 3 aromatic carbocycles. The Morgan fingerprint density at radius 2 is 1.56 bits per heavy atom. The molecule has 0 nitrogen and oxygen atoms in total. The van der Waals surface area contributed by atoms with Crippen LogP contribution in [0.5, 0.6) is 0 Å². The fourth-order valence-corrected chi connectivity index (χ4v) is 3.09. The molecule has 0 N–H and O–H groups in total. The normalized spacial score (nSPS) is 12.4. The lowest BCUT2D eigenvalue weighted by Crippen LogP contribution is -1.96. The number of rotatable bonds is 7. The molecule has 138 valence electrons. The van der Waals surface area contributed by atoms with Gasteiger partial charge >= 0.3 is 0 Å². The minimum atomic E-state index is -1.01. The second-order valence-corrected chi connectivity index (χ2v) is 6.76. The number of benzene rings is 3. The van der Waals surface area contributed by atoms with Crippen molar-refractivity contribution < 1.29 is 8.78 Å². The molecule has 0 bridgehead atoms. The van der Waals surface area contributed by atoms with Gasteiger partial charge in [-0.05, 0) is 34.7 Å². The van der Waals surface area contributed by atoms with Crippen LogP contribution in [0.3, 0.4) is 0 Å². The summed E-state index contributed by atoms with van der Waals surface area (Å²) < 4.78 is 28.5. The molecule has 0 saturated heterocycles. The second kappa shape index (κ2) is 9.27. The molecule has 0 aliphatic heterocycles. The lowest BCUT2D eigenvalue weighted by Gasteiger charge is -2.08. The van der Waals surface area contributed by atoms with E-state index in [1.54, 1.807) is 12.1 Å². The van der Waals surface area contributed by atoms with Crippen LogP contribution in [0.15, 0.2) is 72.8 Å². The van der Waals surface area contributed by atoms with Crippen LogP contribution >= 0.6 is 0 Å². The molecule has 1 unspecified atom stereocenters. The van der Waals surface area contributed by atoms with Gasteiger partial charge in [0.2, 0.25) is 0 Å². The summed E-state index contributed by atoms with van der Waals surface area (Å²) in [5.41, 5.74) is 4.20. The van der Waals surface area contributed by atoms with Gasteiger partial charge in [0, 0.05) is 12.0 Å². The lowest BCUT2D eigenvalue weighted by molar-refractivity contribution is 0.342. The molecule has 3 rings (SSSR count). The van der Waals surface area contributed by atoms with Gasteiger partial charge in [-0.3, -0.25) is 0 Å². The molecular formula is C25H24F2. The molecule has 0 aliphatic rings. The zero-order chi connectivity index (χ0) is 19.1. The fourth-order valence-electron chi connectivity index (χ4n) is 3.09. The first-order chi connectivity index (χ1) is 13.2. The van der Waals surface area contributed by atoms with Gasteiger partial charge in [-0.2, -0.15) is 0 Å². The Morgan fingerprint density at radius 3 is 2.22 bits per heavy atom. The van der Waals surface area contributed by atoms with Gasteiger partial charge in [0.1, 0.15) is 12.0 Å². The largest absolute Gasteiger partial charge is 0.242 e. The van der Waals surface area contributed by atoms with Crippen LogP contribution in [0.25, 0.3) is 12.2 Å². The van der Waals surface area contributed by atoms with Crippen molar-refractivity contribution in [1.29, 1.82) is 0 Å². The summed E-state index contributed by atoms with van der Waals surface area (Å²) in [7, 11) is 0. The summed E-state index contributed by atoms with van der Waals surface area (Å²) in [6, 6.07) is 22.3. The quantitative estimate of drug-likeness (QED) is 0.390. The van der Waals surface area contributed by atoms with Crippen LogP contribution in [-0.2, 0) is 12.8 Å². The molecular weight excluding hydrogens is 338 g/mol. The summed E-state index contributed by atoms with van der Waals surface area (Å²) in [5.74, 6) is -0.197. The van der Waals surface area contributed by atoms with Gasteiger partial charge < -0.3 is 0 Å². The average Bonchev–Trinajstić information content (AvgIpc) is 2.69. The highest BCUT2D eigenvalue weighted by Crippen LogP contribution is 2.22. The van der Waals surface area contributed by atoms with Crippen LogP contribution in [0.4, 0.5) is 8.78 Å². The summed E-state index contributed by atoms with van der Waals surface area (Å²) in [4.78, 5) is 0. The molecule has 0 fully saturated rings. The van der Waals surface area contributed by atoms with E-state index >= 15 is 0 Å². The van der Waals surface area contributed by atoms with E-state index < -0.39 is 6.17 Å². The summed E-state index contributed by atoms with van der Waals surface area (Å²) in [6.45, 7) is 2.08. The van der Waals surface area contributed by atoms with Gasteiger partial charge in [-0.1, -0.05) is 92.2 Å². The lowest BCUT2D eigenvalue weighted by atomic mass is 10.0. The van der Waals surface area contributed by atoms with Crippen molar-refractivity contribution in [3.63, 3.8) is 0 Å². The van der Waals surface area contributed by atoms with Gasteiger partial charge in [0.25, 0.3) is 0 Å². The Bertz CT molecular complexity index is 880. The minimum absolute atomic E-state index is 0.197. The van der Waals surface area contributed by atoms with Crippen molar-refractivity contribution in [3.05, 3.63) is 106 Å². The number of hydrogen-bond donors (Lipinski definition) is 0. The molecule has 27 heavy (non-hydrogen) atoms. The smallest absolute Gasteiger partial charge is 0.130 e. The summed E-state index contributed by atoms with van der Waals surface area (Å²) >= 11 is 0. The van der Waals surface area contributed by atoms with Crippen molar-refractivity contribution >= 4 is 12.2 Å². The molecule has 1 atom stereocenters. The first kappa shape index (κ1) is 19.0. The maximum absolute atomic E-state index is 14.4. The Hall–Kier alpha value is -2.74. The molecule has 0 amide bonds. The van der Waals surface area contributed by atoms with E-state index in [2.05, 4.69) is 6.92 Å². The highest BCUT2D eigenvalue weighted by atomic mass is 19.1. The van der Waals surface area contributed by atoms with Gasteiger partial charge in [0.05, 0.1) is 0 Å². The molecule has 0 radical (unpaired) electrons. The second-order valence-electron chi connectivity index (χ2n) is 6.76. The maximum Gasteiger partial charge on any atom is 0.130 e. The minimum Gasteiger partial charge on any atom is -0.242 e. The highest BCUT2D eigenvalue weighted by Gasteiger charge is 2.09. The predicted octanol–water partition coefficient (Wildman–Crippen LogP) is 7.20. The third-order valence-corrected chi connectivity index (χ3v) is 4.61. The zero-order valence-electron chi connectivity index (χ0n) is 15.5. The first-order valence-electron chi connectivity index (χ1n) is 9.40. The molecule has 2 heteroatoms. The Labute approximate surface area is 160 Å². The standard InChI is InChI=1S/C25H24F2/c1-2-6-20-14-16-23(25(27)17-20)15-13-19-9-11-21(12-10-19)18-24(26)22-7-4-3-5-8-22/h3-5,7-17,24H,2,6,18H2,1H3/b15-13+. The topological polar surface area (TPSA) is 0 Å². The number of halogens is 2. The highest BCUT2D eigenvalue weighted by molar-refractivity contribution is 5.70. The summed E-state index contributed by atoms with van der Waals surface area (Å²) in [6.07, 6.45) is 4.89. The molecule has 0 saturated carbocycles. The van der Waals surface area contributed by atoms with Crippen molar-refractivity contribution in [3.8, 4) is 0 Å². The predicted molar refractivity (Wildman–Crippen MR) is 110 cm³/mol. The Morgan fingerprint density at radius 1 is 0.852 bits per heavy atom. The van der Waals surface area contributed by atoms with E-state index in [-0.39, 0.29) is 5.82 Å². The fraction of sp³-hybridized carbons (Fsp3) is 0.200. The van der Waals surface area contributed by atoms with E-state index in [0.717, 1.165) is 29.5 Å². The molecule has 0 spiro atoms. The van der Waals surface area contributed by atoms with E-state index in [4.69, 9.17) is 0 Å². The Balaban J connectivity index is 1.64. The van der Waals surface area contributed by atoms with Gasteiger partial charge in [-0.15, -0.1) is 0 Å². The van der Waals surface area contributed by atoms with Crippen molar-refractivity contribution in [2.75, 3.05) is 0 Å². The SMILES string of the molecule is CCCc1ccc(/C=C/c2ccc(CC(F)c3ccccc3)cc2)c(F)c1. The molecule has 0 aromatic heterocycles. The zero-order valence-corrected chi connectivity index (χ0v) is 15.5. The van der Waals surface area contributed by atoms with Crippen LogP contribution < -0.4 is 0 Å². The maximum atomic E-state index is 14.4. The van der Waals surface area contributed by atoms with Crippen molar-refractivity contribution in [1.82, 2.24) is 0 Å². The summed E-state index contributed by atoms with van der Waals surface area (Å²) in [5, 5.41) is 0. The monoisotopic (exact) mass is 362 g/mol. The third-order valence-electron chi connectivity index (χ3n) is 4.61. The van der Waals surface area contributed by atoms with Crippen LogP contribution in [-0.4, -0.2) is 0 Å². The van der Waals surface area contributed by atoms with Crippen molar-refractivity contribution in [2.24, 2.45) is 0 Å². The van der Waals surface area contributed by atoms with Gasteiger partial charge in [0.15, 0.2) is 0 Å². The van der Waals surface area contributed by atoms with E-state index in [1.807, 2.05) is 72.8 Å². The van der Waals surface area contributed by atoms with Crippen LogP contribution in [0.2, 0.25) is 0 Å². The molecule has 0 heterocycles.